The minimum absolute atomic E-state index is 0.186. The molecule has 0 saturated heterocycles. The fraction of sp³-hybridized carbons (Fsp3) is 0.500. The molecule has 0 saturated carbocycles. The average molecular weight is 1190 g/mol. The van der Waals surface area contributed by atoms with Crippen LogP contribution in [0.15, 0.2) is 72.8 Å². The van der Waals surface area contributed by atoms with Gasteiger partial charge in [-0.2, -0.15) is 47.0 Å². The van der Waals surface area contributed by atoms with Gasteiger partial charge in [0.2, 0.25) is 0 Å². The van der Waals surface area contributed by atoms with E-state index in [0.717, 1.165) is 123 Å². The molecule has 6 aromatic rings. The first-order valence-electron chi connectivity index (χ1n) is 29.3. The lowest BCUT2D eigenvalue weighted by atomic mass is 9.81. The van der Waals surface area contributed by atoms with E-state index in [1.165, 1.54) is 0 Å². The zero-order chi connectivity index (χ0) is 60.7. The zero-order valence-corrected chi connectivity index (χ0v) is 56.0. The summed E-state index contributed by atoms with van der Waals surface area (Å²) in [6.07, 6.45) is 1.35. The van der Waals surface area contributed by atoms with Gasteiger partial charge in [0.15, 0.2) is 0 Å². The van der Waals surface area contributed by atoms with Gasteiger partial charge in [-0.15, -0.1) is 0 Å². The van der Waals surface area contributed by atoms with Crippen molar-refractivity contribution in [2.24, 2.45) is 0 Å². The van der Waals surface area contributed by atoms with Crippen molar-refractivity contribution in [3.8, 4) is 34.5 Å². The molecule has 82 heavy (non-hydrogen) atoms. The largest absolute Gasteiger partial charge is 0.507 e. The molecule has 1 aliphatic rings. The molecule has 0 spiro atoms. The number of hydrogen-bond acceptors (Lipinski definition) is 10. The van der Waals surface area contributed by atoms with Crippen molar-refractivity contribution in [1.29, 1.82) is 0 Å². The molecule has 7 rings (SSSR count). The predicted octanol–water partition coefficient (Wildman–Crippen LogP) is 18.7. The first kappa shape index (κ1) is 65.1. The molecule has 6 N–H and O–H groups in total. The quantitative estimate of drug-likeness (QED) is 0.0877. The van der Waals surface area contributed by atoms with Crippen LogP contribution < -0.4 is 0 Å². The van der Waals surface area contributed by atoms with E-state index < -0.39 is 0 Å². The van der Waals surface area contributed by atoms with Crippen LogP contribution in [0, 0.1) is 0 Å². The first-order valence-corrected chi connectivity index (χ1v) is 33.9. The van der Waals surface area contributed by atoms with Crippen molar-refractivity contribution >= 4 is 47.0 Å². The molecule has 0 amide bonds. The summed E-state index contributed by atoms with van der Waals surface area (Å²) in [4.78, 5) is 0. The van der Waals surface area contributed by atoms with E-state index in [4.69, 9.17) is 0 Å². The minimum atomic E-state index is -0.241. The van der Waals surface area contributed by atoms with E-state index >= 15 is 0 Å². The van der Waals surface area contributed by atoms with Crippen molar-refractivity contribution in [3.05, 3.63) is 173 Å². The van der Waals surface area contributed by atoms with Crippen LogP contribution in [0.4, 0.5) is 0 Å². The maximum Gasteiger partial charge on any atom is 0.123 e. The van der Waals surface area contributed by atoms with Crippen LogP contribution in [0.3, 0.4) is 0 Å². The Morgan fingerprint density at radius 1 is 0.220 bits per heavy atom. The lowest BCUT2D eigenvalue weighted by Gasteiger charge is -2.25. The second kappa shape index (κ2) is 25.2. The number of aromatic hydroxyl groups is 6. The van der Waals surface area contributed by atoms with Crippen LogP contribution >= 0.6 is 47.0 Å². The smallest absolute Gasteiger partial charge is 0.123 e. The molecule has 6 aromatic carbocycles. The van der Waals surface area contributed by atoms with E-state index in [2.05, 4.69) is 197 Å². The Labute approximate surface area is 510 Å². The normalized spacial score (nSPS) is 15.4. The Balaban J connectivity index is 1.31. The van der Waals surface area contributed by atoms with Crippen LogP contribution in [0.1, 0.15) is 225 Å². The molecular weight excluding hydrogens is 1090 g/mol. The van der Waals surface area contributed by atoms with Crippen molar-refractivity contribution < 1.29 is 30.6 Å². The molecule has 0 unspecified atom stereocenters. The number of phenolic OH excluding ortho intramolecular Hbond substituents is 6. The van der Waals surface area contributed by atoms with E-state index in [1.807, 2.05) is 0 Å². The zero-order valence-electron chi connectivity index (χ0n) is 52.7. The fourth-order valence-electron chi connectivity index (χ4n) is 10.5. The number of hydrogen-bond donors (Lipinski definition) is 6. The molecule has 1 aliphatic heterocycles. The van der Waals surface area contributed by atoms with Crippen LogP contribution in [0.25, 0.3) is 0 Å². The summed E-state index contributed by atoms with van der Waals surface area (Å²) in [6, 6.07) is 25.4. The van der Waals surface area contributed by atoms with Gasteiger partial charge in [0.05, 0.1) is 0 Å². The Hall–Kier alpha value is -4.48. The van der Waals surface area contributed by atoms with Gasteiger partial charge in [-0.3, -0.25) is 0 Å². The lowest BCUT2D eigenvalue weighted by Crippen LogP contribution is -2.14. The van der Waals surface area contributed by atoms with Gasteiger partial charge >= 0.3 is 0 Å². The lowest BCUT2D eigenvalue weighted by molar-refractivity contribution is 0.451. The molecule has 0 radical (unpaired) electrons. The van der Waals surface area contributed by atoms with E-state index in [9.17, 15) is 30.6 Å². The van der Waals surface area contributed by atoms with E-state index in [-0.39, 0.29) is 67.0 Å². The van der Waals surface area contributed by atoms with Crippen molar-refractivity contribution in [2.75, 3.05) is 23.0 Å². The molecule has 0 aromatic heterocycles. The highest BCUT2D eigenvalue weighted by Gasteiger charge is 2.28. The highest BCUT2D eigenvalue weighted by atomic mass is 32.2. The molecular formula is C72H96O6S4. The standard InChI is InChI=1S/C72H96O6S4/c1-67(2,3)55-27-43-23-47-31-57(69(7,8)9)35-51(63(47)75)39-79-19-21-81-41-53-37-59(71(13,14)15)33-49(65(53)77)25-45-29-56(68(4,5)6)30-46(62(45)74)26-50-34-60(72(16,17)18)38-54(66(50)78)42-82-22-20-80-40-52-36-58(70(10,11)12)32-48(64(52)76)24-44(28-55)61(43)73/h27-38,73-78H,19-26,39-42H2,1-18H3. The molecule has 0 aliphatic carbocycles. The monoisotopic (exact) mass is 1180 g/mol. The third-order valence-electron chi connectivity index (χ3n) is 16.1. The molecule has 1 heterocycles. The van der Waals surface area contributed by atoms with Gasteiger partial charge in [-0.1, -0.05) is 197 Å². The van der Waals surface area contributed by atoms with Gasteiger partial charge in [0, 0.05) is 94.0 Å². The number of thioether (sulfide) groups is 4. The Bertz CT molecular complexity index is 2860. The second-order valence-corrected chi connectivity index (χ2v) is 33.7. The maximum absolute atomic E-state index is 12.4. The Kier molecular flexibility index (Phi) is 20.0. The molecule has 444 valence electrons. The predicted molar refractivity (Wildman–Crippen MR) is 357 cm³/mol. The van der Waals surface area contributed by atoms with Crippen molar-refractivity contribution in [1.82, 2.24) is 0 Å². The summed E-state index contributed by atoms with van der Waals surface area (Å²) < 4.78 is 0. The van der Waals surface area contributed by atoms with E-state index in [0.29, 0.717) is 48.7 Å². The fourth-order valence-corrected chi connectivity index (χ4v) is 14.7. The van der Waals surface area contributed by atoms with Crippen molar-refractivity contribution in [3.63, 3.8) is 0 Å². The van der Waals surface area contributed by atoms with Crippen LogP contribution in [-0.4, -0.2) is 53.7 Å². The van der Waals surface area contributed by atoms with Gasteiger partial charge in [0.1, 0.15) is 34.5 Å². The number of rotatable bonds is 0. The highest BCUT2D eigenvalue weighted by molar-refractivity contribution is 8.02. The number of phenols is 6. The SMILES string of the molecule is CC(C)(C)c1cc2c(O)c(c1)Cc1cc(C(C)(C)C)cc(c1O)Cc1cc(C(C)(C)C)cc(c1O)CSCCSCc1cc(C(C)(C)C)cc(c1O)Cc1cc(C(C)(C)C)cc(c1O)Cc1cc(C(C)(C)C)cc(c1O)CSCCSC2. The summed E-state index contributed by atoms with van der Waals surface area (Å²) in [7, 11) is 0. The van der Waals surface area contributed by atoms with Crippen LogP contribution in [0.5, 0.6) is 34.5 Å². The molecule has 6 nitrogen and oxygen atoms in total. The summed E-state index contributed by atoms with van der Waals surface area (Å²) in [5.74, 6) is 7.18. The van der Waals surface area contributed by atoms with Crippen molar-refractivity contribution in [2.45, 2.75) is 206 Å². The number of fused-ring (bicyclic) bond motifs is 12. The minimum Gasteiger partial charge on any atom is -0.507 e. The molecule has 10 heteroatoms. The Morgan fingerprint density at radius 3 is 0.476 bits per heavy atom. The second-order valence-electron chi connectivity index (χ2n) is 29.3. The van der Waals surface area contributed by atoms with Gasteiger partial charge in [-0.05, 0) is 110 Å². The third kappa shape index (κ3) is 16.1. The summed E-state index contributed by atoms with van der Waals surface area (Å²) in [5.41, 5.74) is 14.9. The summed E-state index contributed by atoms with van der Waals surface area (Å²) in [6.45, 7) is 39.4. The van der Waals surface area contributed by atoms with Gasteiger partial charge in [-0.25, -0.2) is 0 Å². The number of benzene rings is 6. The molecule has 12 bridgehead atoms. The molecule has 0 fully saturated rings. The maximum atomic E-state index is 12.4. The first-order chi connectivity index (χ1) is 37.9. The van der Waals surface area contributed by atoms with Crippen LogP contribution in [-0.2, 0) is 81.2 Å². The molecule has 0 atom stereocenters. The van der Waals surface area contributed by atoms with Gasteiger partial charge < -0.3 is 30.6 Å². The average Bonchev–Trinajstić information content (AvgIpc) is 3.30. The van der Waals surface area contributed by atoms with Gasteiger partial charge in [0.25, 0.3) is 0 Å². The Morgan fingerprint density at radius 2 is 0.341 bits per heavy atom. The summed E-state index contributed by atoms with van der Waals surface area (Å²) in [5, 5.41) is 73.4. The summed E-state index contributed by atoms with van der Waals surface area (Å²) >= 11 is 7.12. The van der Waals surface area contributed by atoms with Crippen LogP contribution in [0.2, 0.25) is 0 Å². The third-order valence-corrected chi connectivity index (χ3v) is 20.6. The highest BCUT2D eigenvalue weighted by Crippen LogP contribution is 2.44. The topological polar surface area (TPSA) is 121 Å². The van der Waals surface area contributed by atoms with E-state index in [1.54, 1.807) is 47.0 Å².